The SMILES string of the molecule is CC(NC(=O)Nc1c(-c2ccccc2)cnn1C(C)(C)C)c1cnn(C)c1. The Bertz CT molecular complexity index is 920. The fraction of sp³-hybridized carbons (Fsp3) is 0.350. The molecule has 0 fully saturated rings. The van der Waals surface area contributed by atoms with Gasteiger partial charge in [0, 0.05) is 24.4 Å². The molecule has 0 aliphatic carbocycles. The van der Waals surface area contributed by atoms with E-state index >= 15 is 0 Å². The average Bonchev–Trinajstić information content (AvgIpc) is 3.21. The van der Waals surface area contributed by atoms with Crippen LogP contribution in [0.15, 0.2) is 48.9 Å². The predicted octanol–water partition coefficient (Wildman–Crippen LogP) is 3.92. The molecule has 0 saturated heterocycles. The van der Waals surface area contributed by atoms with E-state index < -0.39 is 0 Å². The van der Waals surface area contributed by atoms with Crippen molar-refractivity contribution in [1.82, 2.24) is 24.9 Å². The highest BCUT2D eigenvalue weighted by molar-refractivity contribution is 5.93. The number of rotatable bonds is 4. The number of hydrogen-bond donors (Lipinski definition) is 2. The van der Waals surface area contributed by atoms with Crippen molar-refractivity contribution in [1.29, 1.82) is 0 Å². The van der Waals surface area contributed by atoms with E-state index in [1.165, 1.54) is 0 Å². The summed E-state index contributed by atoms with van der Waals surface area (Å²) in [6.45, 7) is 8.08. The predicted molar refractivity (Wildman–Crippen MR) is 106 cm³/mol. The van der Waals surface area contributed by atoms with Crippen LogP contribution in [0.2, 0.25) is 0 Å². The summed E-state index contributed by atoms with van der Waals surface area (Å²) in [7, 11) is 1.85. The Morgan fingerprint density at radius 1 is 1.11 bits per heavy atom. The molecule has 1 unspecified atom stereocenters. The minimum absolute atomic E-state index is 0.162. The summed E-state index contributed by atoms with van der Waals surface area (Å²) >= 11 is 0. The zero-order valence-electron chi connectivity index (χ0n) is 16.4. The van der Waals surface area contributed by atoms with Gasteiger partial charge in [-0.3, -0.25) is 10.00 Å². The first-order valence-electron chi connectivity index (χ1n) is 8.95. The van der Waals surface area contributed by atoms with Crippen molar-refractivity contribution in [2.24, 2.45) is 7.05 Å². The second-order valence-corrected chi connectivity index (χ2v) is 7.62. The van der Waals surface area contributed by atoms with Crippen LogP contribution in [-0.4, -0.2) is 25.6 Å². The fourth-order valence-electron chi connectivity index (χ4n) is 2.89. The standard InChI is InChI=1S/C20H26N6O/c1-14(16-11-21-25(5)13-16)23-19(27)24-18-17(15-9-7-6-8-10-15)12-22-26(18)20(2,3)4/h6-14H,1-5H3,(H2,23,24,27). The van der Waals surface area contributed by atoms with Crippen molar-refractivity contribution in [2.75, 3.05) is 5.32 Å². The minimum Gasteiger partial charge on any atom is -0.331 e. The third kappa shape index (κ3) is 4.19. The topological polar surface area (TPSA) is 76.8 Å². The van der Waals surface area contributed by atoms with E-state index in [-0.39, 0.29) is 17.6 Å². The molecular formula is C20H26N6O. The molecule has 7 nitrogen and oxygen atoms in total. The number of amides is 2. The van der Waals surface area contributed by atoms with E-state index in [2.05, 4.69) is 41.6 Å². The van der Waals surface area contributed by atoms with Gasteiger partial charge in [-0.05, 0) is 33.3 Å². The number of anilines is 1. The van der Waals surface area contributed by atoms with Crippen LogP contribution in [0.3, 0.4) is 0 Å². The number of carbonyl (C=O) groups excluding carboxylic acids is 1. The van der Waals surface area contributed by atoms with Gasteiger partial charge in [-0.15, -0.1) is 0 Å². The van der Waals surface area contributed by atoms with Crippen molar-refractivity contribution in [3.8, 4) is 11.1 Å². The van der Waals surface area contributed by atoms with Gasteiger partial charge in [0.15, 0.2) is 0 Å². The van der Waals surface area contributed by atoms with Crippen LogP contribution in [0.25, 0.3) is 11.1 Å². The highest BCUT2D eigenvalue weighted by Gasteiger charge is 2.23. The van der Waals surface area contributed by atoms with Crippen LogP contribution in [-0.2, 0) is 12.6 Å². The summed E-state index contributed by atoms with van der Waals surface area (Å²) in [5.74, 6) is 0.671. The van der Waals surface area contributed by atoms with Crippen molar-refractivity contribution in [3.63, 3.8) is 0 Å². The Kier molecular flexibility index (Phi) is 5.03. The van der Waals surface area contributed by atoms with Gasteiger partial charge in [-0.1, -0.05) is 30.3 Å². The molecule has 0 bridgehead atoms. The number of aromatic nitrogens is 4. The quantitative estimate of drug-likeness (QED) is 0.735. The number of nitrogens with zero attached hydrogens (tertiary/aromatic N) is 4. The molecule has 142 valence electrons. The molecule has 1 atom stereocenters. The molecule has 7 heteroatoms. The molecule has 0 spiro atoms. The maximum Gasteiger partial charge on any atom is 0.320 e. The van der Waals surface area contributed by atoms with Crippen molar-refractivity contribution in [3.05, 3.63) is 54.5 Å². The molecule has 0 radical (unpaired) electrons. The number of benzene rings is 1. The van der Waals surface area contributed by atoms with E-state index in [9.17, 15) is 4.79 Å². The lowest BCUT2D eigenvalue weighted by molar-refractivity contribution is 0.249. The molecule has 3 aromatic rings. The van der Waals surface area contributed by atoms with E-state index in [0.29, 0.717) is 5.82 Å². The highest BCUT2D eigenvalue weighted by Crippen LogP contribution is 2.31. The molecule has 2 aromatic heterocycles. The van der Waals surface area contributed by atoms with Gasteiger partial charge in [-0.2, -0.15) is 10.2 Å². The Balaban J connectivity index is 1.86. The normalized spacial score (nSPS) is 12.6. The molecular weight excluding hydrogens is 340 g/mol. The molecule has 3 rings (SSSR count). The Morgan fingerprint density at radius 2 is 1.81 bits per heavy atom. The molecule has 27 heavy (non-hydrogen) atoms. The van der Waals surface area contributed by atoms with Crippen LogP contribution in [0.5, 0.6) is 0 Å². The molecule has 1 aromatic carbocycles. The smallest absolute Gasteiger partial charge is 0.320 e. The summed E-state index contributed by atoms with van der Waals surface area (Å²) < 4.78 is 3.55. The van der Waals surface area contributed by atoms with Crippen molar-refractivity contribution >= 4 is 11.8 Å². The number of aryl methyl sites for hydroxylation is 1. The number of nitrogens with one attached hydrogen (secondary N) is 2. The van der Waals surface area contributed by atoms with Crippen molar-refractivity contribution < 1.29 is 4.79 Å². The summed E-state index contributed by atoms with van der Waals surface area (Å²) in [5, 5.41) is 14.6. The van der Waals surface area contributed by atoms with Crippen LogP contribution < -0.4 is 10.6 Å². The largest absolute Gasteiger partial charge is 0.331 e. The third-order valence-corrected chi connectivity index (χ3v) is 4.29. The molecule has 2 N–H and O–H groups in total. The zero-order chi connectivity index (χ0) is 19.6. The monoisotopic (exact) mass is 366 g/mol. The molecule has 2 heterocycles. The van der Waals surface area contributed by atoms with Crippen LogP contribution in [0.1, 0.15) is 39.3 Å². The van der Waals surface area contributed by atoms with Gasteiger partial charge in [-0.25, -0.2) is 9.48 Å². The first kappa shape index (κ1) is 18.7. The lowest BCUT2D eigenvalue weighted by Gasteiger charge is -2.23. The first-order chi connectivity index (χ1) is 12.8. The number of urea groups is 1. The van der Waals surface area contributed by atoms with Gasteiger partial charge >= 0.3 is 6.03 Å². The maximum atomic E-state index is 12.7. The Labute approximate surface area is 159 Å². The fourth-order valence-corrected chi connectivity index (χ4v) is 2.89. The molecule has 0 aliphatic rings. The lowest BCUT2D eigenvalue weighted by atomic mass is 10.1. The summed E-state index contributed by atoms with van der Waals surface area (Å²) in [6, 6.07) is 9.47. The van der Waals surface area contributed by atoms with Gasteiger partial charge < -0.3 is 5.32 Å². The summed E-state index contributed by atoms with van der Waals surface area (Å²) in [4.78, 5) is 12.7. The first-order valence-corrected chi connectivity index (χ1v) is 8.95. The van der Waals surface area contributed by atoms with Gasteiger partial charge in [0.25, 0.3) is 0 Å². The van der Waals surface area contributed by atoms with Crippen LogP contribution in [0.4, 0.5) is 10.6 Å². The van der Waals surface area contributed by atoms with Gasteiger partial charge in [0.05, 0.1) is 24.0 Å². The lowest BCUT2D eigenvalue weighted by Crippen LogP contribution is -2.34. The van der Waals surface area contributed by atoms with E-state index in [1.807, 2.05) is 55.2 Å². The summed E-state index contributed by atoms with van der Waals surface area (Å²) in [6.07, 6.45) is 5.43. The van der Waals surface area contributed by atoms with Crippen molar-refractivity contribution in [2.45, 2.75) is 39.3 Å². The van der Waals surface area contributed by atoms with Gasteiger partial charge in [0.1, 0.15) is 5.82 Å². The second kappa shape index (κ2) is 7.26. The maximum absolute atomic E-state index is 12.7. The summed E-state index contributed by atoms with van der Waals surface area (Å²) in [5.41, 5.74) is 2.56. The van der Waals surface area contributed by atoms with Gasteiger partial charge in [0.2, 0.25) is 0 Å². The Morgan fingerprint density at radius 3 is 2.41 bits per heavy atom. The third-order valence-electron chi connectivity index (χ3n) is 4.29. The molecule has 0 saturated carbocycles. The second-order valence-electron chi connectivity index (χ2n) is 7.62. The number of carbonyl (C=O) groups is 1. The van der Waals surface area contributed by atoms with Crippen LogP contribution in [0, 0.1) is 0 Å². The highest BCUT2D eigenvalue weighted by atomic mass is 16.2. The minimum atomic E-state index is -0.283. The number of hydrogen-bond acceptors (Lipinski definition) is 3. The zero-order valence-corrected chi connectivity index (χ0v) is 16.4. The molecule has 0 aliphatic heterocycles. The van der Waals surface area contributed by atoms with E-state index in [4.69, 9.17) is 0 Å². The van der Waals surface area contributed by atoms with E-state index in [1.54, 1.807) is 17.1 Å². The van der Waals surface area contributed by atoms with Crippen LogP contribution >= 0.6 is 0 Å². The average molecular weight is 366 g/mol. The van der Waals surface area contributed by atoms with E-state index in [0.717, 1.165) is 16.7 Å². The molecule has 2 amide bonds. The Hall–Kier alpha value is -3.09.